The Morgan fingerprint density at radius 2 is 2.15 bits per heavy atom. The number of rotatable bonds is 7. The standard InChI is InChI=1S/C25H23N5O2S2/c1-3-6-18-22-21(16(12-26)23(27)32-24(22)30-29-18)14-9-10-19(31-2)15(11-14)13-33-25-28-17-7-4-5-8-20(17)34-25/h4-5,7-11,21H,3,6,13,27H2,1-2H3,(H,29,30). The Hall–Kier alpha value is -3.48. The minimum Gasteiger partial charge on any atom is -0.496 e. The van der Waals surface area contributed by atoms with Gasteiger partial charge < -0.3 is 15.2 Å². The van der Waals surface area contributed by atoms with Crippen LogP contribution < -0.4 is 15.2 Å². The summed E-state index contributed by atoms with van der Waals surface area (Å²) in [4.78, 5) is 4.73. The summed E-state index contributed by atoms with van der Waals surface area (Å²) in [5.41, 5.74) is 11.3. The summed E-state index contributed by atoms with van der Waals surface area (Å²) in [7, 11) is 1.67. The van der Waals surface area contributed by atoms with Crippen molar-refractivity contribution in [2.45, 2.75) is 35.8 Å². The average Bonchev–Trinajstić information content (AvgIpc) is 3.45. The van der Waals surface area contributed by atoms with E-state index in [1.165, 1.54) is 4.70 Å². The molecule has 172 valence electrons. The van der Waals surface area contributed by atoms with E-state index in [2.05, 4.69) is 35.3 Å². The van der Waals surface area contributed by atoms with Crippen LogP contribution in [0.15, 0.2) is 58.3 Å². The number of fused-ring (bicyclic) bond motifs is 2. The summed E-state index contributed by atoms with van der Waals surface area (Å²) < 4.78 is 13.5. The van der Waals surface area contributed by atoms with Crippen LogP contribution in [0, 0.1) is 11.3 Å². The largest absolute Gasteiger partial charge is 0.496 e. The lowest BCUT2D eigenvalue weighted by molar-refractivity contribution is 0.378. The molecule has 1 atom stereocenters. The molecule has 0 amide bonds. The van der Waals surface area contributed by atoms with Gasteiger partial charge in [-0.1, -0.05) is 49.4 Å². The van der Waals surface area contributed by atoms with E-state index >= 15 is 0 Å². The Bertz CT molecular complexity index is 1400. The molecule has 3 heterocycles. The predicted octanol–water partition coefficient (Wildman–Crippen LogP) is 5.49. The fourth-order valence-electron chi connectivity index (χ4n) is 4.23. The highest BCUT2D eigenvalue weighted by Crippen LogP contribution is 2.44. The Kier molecular flexibility index (Phi) is 6.18. The van der Waals surface area contributed by atoms with Crippen LogP contribution in [0.3, 0.4) is 0 Å². The summed E-state index contributed by atoms with van der Waals surface area (Å²) in [6.07, 6.45) is 1.74. The number of benzene rings is 2. The van der Waals surface area contributed by atoms with Gasteiger partial charge in [-0.25, -0.2) is 4.98 Å². The first kappa shape index (κ1) is 22.3. The Balaban J connectivity index is 1.52. The zero-order valence-corrected chi connectivity index (χ0v) is 20.4. The summed E-state index contributed by atoms with van der Waals surface area (Å²) >= 11 is 3.35. The SMILES string of the molecule is CCCc1[nH]nc2c1C(c1ccc(OC)c(CSc3nc4ccccc4s3)c1)C(C#N)=C(N)O2. The molecule has 4 aromatic rings. The second kappa shape index (κ2) is 9.41. The molecule has 0 saturated carbocycles. The van der Waals surface area contributed by atoms with Gasteiger partial charge in [0, 0.05) is 22.6 Å². The average molecular weight is 490 g/mol. The number of aromatic nitrogens is 3. The molecule has 0 spiro atoms. The number of para-hydroxylation sites is 1. The van der Waals surface area contributed by atoms with Gasteiger partial charge in [0.2, 0.25) is 11.8 Å². The van der Waals surface area contributed by atoms with Crippen LogP contribution in [0.5, 0.6) is 11.6 Å². The molecule has 0 bridgehead atoms. The van der Waals surface area contributed by atoms with Crippen molar-refractivity contribution < 1.29 is 9.47 Å². The van der Waals surface area contributed by atoms with Gasteiger partial charge in [-0.2, -0.15) is 5.26 Å². The van der Waals surface area contributed by atoms with Gasteiger partial charge in [0.1, 0.15) is 17.4 Å². The lowest BCUT2D eigenvalue weighted by Gasteiger charge is -2.25. The number of nitriles is 1. The number of hydrogen-bond acceptors (Lipinski definition) is 8. The van der Waals surface area contributed by atoms with E-state index in [4.69, 9.17) is 20.2 Å². The number of aryl methyl sites for hydroxylation is 1. The van der Waals surface area contributed by atoms with Gasteiger partial charge in [-0.15, -0.1) is 16.4 Å². The van der Waals surface area contributed by atoms with Crippen LogP contribution in [-0.2, 0) is 12.2 Å². The number of aromatic amines is 1. The molecule has 0 aliphatic carbocycles. The first-order chi connectivity index (χ1) is 16.6. The van der Waals surface area contributed by atoms with Crippen molar-refractivity contribution >= 4 is 33.3 Å². The Labute approximate surface area is 205 Å². The first-order valence-electron chi connectivity index (χ1n) is 10.9. The Morgan fingerprint density at radius 1 is 1.29 bits per heavy atom. The zero-order valence-electron chi connectivity index (χ0n) is 18.8. The van der Waals surface area contributed by atoms with Crippen molar-refractivity contribution in [2.24, 2.45) is 5.73 Å². The number of nitrogens with one attached hydrogen (secondary N) is 1. The quantitative estimate of drug-likeness (QED) is 0.330. The molecular formula is C25H23N5O2S2. The molecule has 1 unspecified atom stereocenters. The van der Waals surface area contributed by atoms with Crippen molar-refractivity contribution in [2.75, 3.05) is 7.11 Å². The minimum absolute atomic E-state index is 0.0933. The van der Waals surface area contributed by atoms with Crippen molar-refractivity contribution in [3.63, 3.8) is 0 Å². The number of H-pyrrole nitrogens is 1. The van der Waals surface area contributed by atoms with Crippen LogP contribution in [0.2, 0.25) is 0 Å². The number of thioether (sulfide) groups is 1. The minimum atomic E-state index is -0.355. The maximum absolute atomic E-state index is 9.93. The molecule has 9 heteroatoms. The lowest BCUT2D eigenvalue weighted by Crippen LogP contribution is -2.21. The molecule has 0 saturated heterocycles. The highest BCUT2D eigenvalue weighted by atomic mass is 32.2. The van der Waals surface area contributed by atoms with Crippen molar-refractivity contribution in [1.82, 2.24) is 15.2 Å². The van der Waals surface area contributed by atoms with E-state index < -0.39 is 0 Å². The highest BCUT2D eigenvalue weighted by Gasteiger charge is 2.35. The van der Waals surface area contributed by atoms with Gasteiger partial charge in [0.05, 0.1) is 23.2 Å². The van der Waals surface area contributed by atoms with Crippen molar-refractivity contribution in [3.8, 4) is 17.7 Å². The molecule has 1 aliphatic rings. The zero-order chi connectivity index (χ0) is 23.7. The van der Waals surface area contributed by atoms with Crippen LogP contribution in [0.1, 0.15) is 41.6 Å². The summed E-state index contributed by atoms with van der Waals surface area (Å²) in [5.74, 6) is 1.65. The maximum atomic E-state index is 9.93. The summed E-state index contributed by atoms with van der Waals surface area (Å²) in [6, 6.07) is 16.4. The topological polar surface area (TPSA) is 110 Å². The third-order valence-corrected chi connectivity index (χ3v) is 8.01. The highest BCUT2D eigenvalue weighted by molar-refractivity contribution is 8.00. The monoisotopic (exact) mass is 489 g/mol. The fraction of sp³-hybridized carbons (Fsp3) is 0.240. The number of ether oxygens (including phenoxy) is 2. The molecule has 0 fully saturated rings. The molecular weight excluding hydrogens is 466 g/mol. The number of thiazole rings is 1. The van der Waals surface area contributed by atoms with E-state index in [0.29, 0.717) is 17.2 Å². The summed E-state index contributed by atoms with van der Waals surface area (Å²) in [5, 5.41) is 17.3. The van der Waals surface area contributed by atoms with Gasteiger partial charge in [-0.05, 0) is 30.2 Å². The molecule has 34 heavy (non-hydrogen) atoms. The third kappa shape index (κ3) is 4.00. The van der Waals surface area contributed by atoms with E-state index in [-0.39, 0.29) is 11.8 Å². The molecule has 2 aromatic heterocycles. The van der Waals surface area contributed by atoms with Crippen molar-refractivity contribution in [3.05, 3.63) is 76.3 Å². The van der Waals surface area contributed by atoms with Gasteiger partial charge >= 0.3 is 0 Å². The molecule has 5 rings (SSSR count). The van der Waals surface area contributed by atoms with Crippen molar-refractivity contribution in [1.29, 1.82) is 5.26 Å². The maximum Gasteiger partial charge on any atom is 0.244 e. The van der Waals surface area contributed by atoms with E-state index in [1.54, 1.807) is 30.2 Å². The second-order valence-corrected chi connectivity index (χ2v) is 10.2. The van der Waals surface area contributed by atoms with Gasteiger partial charge in [0.15, 0.2) is 4.34 Å². The van der Waals surface area contributed by atoms with E-state index in [0.717, 1.165) is 50.8 Å². The van der Waals surface area contributed by atoms with Crippen LogP contribution in [0.4, 0.5) is 0 Å². The lowest BCUT2D eigenvalue weighted by atomic mass is 9.83. The van der Waals surface area contributed by atoms with Gasteiger partial charge in [0.25, 0.3) is 0 Å². The number of nitrogens with two attached hydrogens (primary N) is 1. The number of methoxy groups -OCH3 is 1. The van der Waals surface area contributed by atoms with E-state index in [9.17, 15) is 5.26 Å². The van der Waals surface area contributed by atoms with Crippen LogP contribution >= 0.6 is 23.1 Å². The molecule has 3 N–H and O–H groups in total. The first-order valence-corrected chi connectivity index (χ1v) is 12.7. The number of hydrogen-bond donors (Lipinski definition) is 2. The second-order valence-electron chi connectivity index (χ2n) is 7.90. The summed E-state index contributed by atoms with van der Waals surface area (Å²) in [6.45, 7) is 2.10. The van der Waals surface area contributed by atoms with Crippen LogP contribution in [0.25, 0.3) is 10.2 Å². The Morgan fingerprint density at radius 3 is 2.91 bits per heavy atom. The van der Waals surface area contributed by atoms with E-state index in [1.807, 2.05) is 30.3 Å². The van der Waals surface area contributed by atoms with Gasteiger partial charge in [-0.3, -0.25) is 5.10 Å². The predicted molar refractivity (Wildman–Crippen MR) is 134 cm³/mol. The van der Waals surface area contributed by atoms with Crippen LogP contribution in [-0.4, -0.2) is 22.3 Å². The smallest absolute Gasteiger partial charge is 0.244 e. The number of nitrogens with zero attached hydrogens (tertiary/aromatic N) is 3. The third-order valence-electron chi connectivity index (χ3n) is 5.78. The fourth-order valence-corrected chi connectivity index (χ4v) is 6.27. The molecule has 0 radical (unpaired) electrons. The normalized spacial score (nSPS) is 15.1. The number of allylic oxidation sites excluding steroid dienone is 1. The molecule has 2 aromatic carbocycles. The molecule has 7 nitrogen and oxygen atoms in total. The molecule has 1 aliphatic heterocycles.